The van der Waals surface area contributed by atoms with Gasteiger partial charge in [0.1, 0.15) is 18.1 Å². The molecule has 2 N–H and O–H groups in total. The van der Waals surface area contributed by atoms with Crippen molar-refractivity contribution in [1.29, 1.82) is 0 Å². The molecule has 0 saturated carbocycles. The van der Waals surface area contributed by atoms with Crippen LogP contribution in [0.1, 0.15) is 25.8 Å². The Morgan fingerprint density at radius 2 is 2.32 bits per heavy atom. The number of rotatable bonds is 5. The lowest BCUT2D eigenvalue weighted by molar-refractivity contribution is -0.152. The number of hydrogen-bond donors (Lipinski definition) is 2. The molecular weight excluding hydrogens is 246 g/mol. The highest BCUT2D eigenvalue weighted by Crippen LogP contribution is 2.39. The highest BCUT2D eigenvalue weighted by molar-refractivity contribution is 5.85. The van der Waals surface area contributed by atoms with E-state index in [1.54, 1.807) is 19.1 Å². The Hall–Kier alpha value is -1.75. The molecule has 1 atom stereocenters. The minimum absolute atomic E-state index is 0.119. The van der Waals surface area contributed by atoms with Crippen LogP contribution in [0.5, 0.6) is 11.5 Å². The molecule has 104 valence electrons. The maximum absolute atomic E-state index is 12.3. The molecule has 2 rings (SSSR count). The third-order valence-corrected chi connectivity index (χ3v) is 3.17. The van der Waals surface area contributed by atoms with Crippen molar-refractivity contribution in [2.75, 3.05) is 19.8 Å². The number of benzene rings is 1. The third kappa shape index (κ3) is 2.38. The second-order valence-electron chi connectivity index (χ2n) is 4.52. The molecule has 1 aromatic carbocycles. The van der Waals surface area contributed by atoms with Gasteiger partial charge < -0.3 is 14.6 Å². The van der Waals surface area contributed by atoms with Gasteiger partial charge in [-0.3, -0.25) is 5.32 Å². The Bertz CT molecular complexity index is 475. The average molecular weight is 265 g/mol. The van der Waals surface area contributed by atoms with Gasteiger partial charge in [-0.2, -0.15) is 0 Å². The lowest BCUT2D eigenvalue weighted by atomic mass is 9.91. The number of carbonyl (C=O) groups excluding carboxylic acids is 1. The highest BCUT2D eigenvalue weighted by Gasteiger charge is 2.48. The standard InChI is InChI=1S/C14H19NO4/c1-3-7-15-14(13(17)18-4-2)9-19-12-8-10(16)5-6-11(12)14/h5-6,8,15-16H,3-4,7,9H2,1-2H3. The van der Waals surface area contributed by atoms with Crippen LogP contribution in [0.15, 0.2) is 18.2 Å². The summed E-state index contributed by atoms with van der Waals surface area (Å²) in [7, 11) is 0. The Kier molecular flexibility index (Phi) is 3.95. The smallest absolute Gasteiger partial charge is 0.334 e. The first-order valence-corrected chi connectivity index (χ1v) is 6.52. The Labute approximate surface area is 112 Å². The second kappa shape index (κ2) is 5.48. The fraction of sp³-hybridized carbons (Fsp3) is 0.500. The van der Waals surface area contributed by atoms with Crippen LogP contribution < -0.4 is 10.1 Å². The van der Waals surface area contributed by atoms with Gasteiger partial charge in [0.05, 0.1) is 6.61 Å². The lowest BCUT2D eigenvalue weighted by Gasteiger charge is -2.26. The predicted octanol–water partition coefficient (Wildman–Crippen LogP) is 1.54. The van der Waals surface area contributed by atoms with Crippen LogP contribution >= 0.6 is 0 Å². The summed E-state index contributed by atoms with van der Waals surface area (Å²) in [6.07, 6.45) is 0.897. The van der Waals surface area contributed by atoms with Crippen molar-refractivity contribution in [2.24, 2.45) is 0 Å². The van der Waals surface area contributed by atoms with Crippen LogP contribution in [0.25, 0.3) is 0 Å². The van der Waals surface area contributed by atoms with Crippen molar-refractivity contribution in [3.63, 3.8) is 0 Å². The summed E-state index contributed by atoms with van der Waals surface area (Å²) in [5, 5.41) is 12.7. The number of ether oxygens (including phenoxy) is 2. The van der Waals surface area contributed by atoms with E-state index in [0.29, 0.717) is 18.9 Å². The molecule has 19 heavy (non-hydrogen) atoms. The molecule has 0 aromatic heterocycles. The number of nitrogens with one attached hydrogen (secondary N) is 1. The van der Waals surface area contributed by atoms with E-state index in [9.17, 15) is 9.90 Å². The first-order valence-electron chi connectivity index (χ1n) is 6.52. The summed E-state index contributed by atoms with van der Waals surface area (Å²) in [5.74, 6) is 0.304. The van der Waals surface area contributed by atoms with Gasteiger partial charge in [-0.15, -0.1) is 0 Å². The molecule has 1 unspecified atom stereocenters. The molecule has 0 amide bonds. The maximum Gasteiger partial charge on any atom is 0.334 e. The van der Waals surface area contributed by atoms with E-state index in [4.69, 9.17) is 9.47 Å². The molecule has 0 bridgehead atoms. The molecule has 0 radical (unpaired) electrons. The summed E-state index contributed by atoms with van der Waals surface area (Å²) >= 11 is 0. The summed E-state index contributed by atoms with van der Waals surface area (Å²) < 4.78 is 10.7. The van der Waals surface area contributed by atoms with E-state index in [0.717, 1.165) is 12.0 Å². The second-order valence-corrected chi connectivity index (χ2v) is 4.52. The molecule has 5 heteroatoms. The summed E-state index contributed by atoms with van der Waals surface area (Å²) in [6.45, 7) is 4.99. The molecule has 1 aromatic rings. The van der Waals surface area contributed by atoms with E-state index in [1.165, 1.54) is 6.07 Å². The van der Waals surface area contributed by atoms with Gasteiger partial charge in [0.2, 0.25) is 0 Å². The zero-order chi connectivity index (χ0) is 13.9. The van der Waals surface area contributed by atoms with Gasteiger partial charge >= 0.3 is 5.97 Å². The summed E-state index contributed by atoms with van der Waals surface area (Å²) in [6, 6.07) is 4.77. The van der Waals surface area contributed by atoms with Crippen molar-refractivity contribution in [3.05, 3.63) is 23.8 Å². The van der Waals surface area contributed by atoms with Crippen LogP contribution in [-0.2, 0) is 15.1 Å². The Morgan fingerprint density at radius 3 is 3.00 bits per heavy atom. The molecule has 1 heterocycles. The number of carbonyl (C=O) groups is 1. The van der Waals surface area contributed by atoms with Crippen molar-refractivity contribution in [2.45, 2.75) is 25.8 Å². The quantitative estimate of drug-likeness (QED) is 0.790. The molecule has 1 aliphatic rings. The number of esters is 1. The Morgan fingerprint density at radius 1 is 1.53 bits per heavy atom. The van der Waals surface area contributed by atoms with Crippen LogP contribution in [0.3, 0.4) is 0 Å². The third-order valence-electron chi connectivity index (χ3n) is 3.17. The van der Waals surface area contributed by atoms with Gasteiger partial charge in [0, 0.05) is 11.6 Å². The highest BCUT2D eigenvalue weighted by atomic mass is 16.5. The molecule has 0 saturated heterocycles. The molecule has 0 spiro atoms. The Balaban J connectivity index is 2.39. The monoisotopic (exact) mass is 265 g/mol. The number of hydrogen-bond acceptors (Lipinski definition) is 5. The largest absolute Gasteiger partial charge is 0.508 e. The van der Waals surface area contributed by atoms with Gasteiger partial charge in [-0.25, -0.2) is 4.79 Å². The number of fused-ring (bicyclic) bond motifs is 1. The van der Waals surface area contributed by atoms with E-state index in [2.05, 4.69) is 5.32 Å². The van der Waals surface area contributed by atoms with Crippen molar-refractivity contribution in [1.82, 2.24) is 5.32 Å². The molecular formula is C14H19NO4. The van der Waals surface area contributed by atoms with Crippen LogP contribution in [0.4, 0.5) is 0 Å². The van der Waals surface area contributed by atoms with E-state index < -0.39 is 5.54 Å². The van der Waals surface area contributed by atoms with Crippen molar-refractivity contribution >= 4 is 5.97 Å². The SMILES string of the molecule is CCCNC1(C(=O)OCC)COc2cc(O)ccc21. The van der Waals surface area contributed by atoms with E-state index in [-0.39, 0.29) is 18.3 Å². The van der Waals surface area contributed by atoms with Crippen LogP contribution in [-0.4, -0.2) is 30.8 Å². The minimum atomic E-state index is -0.963. The van der Waals surface area contributed by atoms with Crippen molar-refractivity contribution in [3.8, 4) is 11.5 Å². The first-order chi connectivity index (χ1) is 9.14. The first kappa shape index (κ1) is 13.7. The maximum atomic E-state index is 12.3. The predicted molar refractivity (Wildman–Crippen MR) is 70.2 cm³/mol. The van der Waals surface area contributed by atoms with Crippen LogP contribution in [0.2, 0.25) is 0 Å². The zero-order valence-electron chi connectivity index (χ0n) is 11.2. The molecule has 0 fully saturated rings. The van der Waals surface area contributed by atoms with Gasteiger partial charge in [0.25, 0.3) is 0 Å². The average Bonchev–Trinajstić information content (AvgIpc) is 2.76. The minimum Gasteiger partial charge on any atom is -0.508 e. The normalized spacial score (nSPS) is 20.7. The summed E-state index contributed by atoms with van der Waals surface area (Å²) in [5.41, 5.74) is -0.244. The van der Waals surface area contributed by atoms with Gasteiger partial charge in [-0.1, -0.05) is 6.92 Å². The molecule has 5 nitrogen and oxygen atoms in total. The van der Waals surface area contributed by atoms with Gasteiger partial charge in [-0.05, 0) is 32.0 Å². The van der Waals surface area contributed by atoms with Gasteiger partial charge in [0.15, 0.2) is 5.54 Å². The van der Waals surface area contributed by atoms with E-state index in [1.807, 2.05) is 6.92 Å². The van der Waals surface area contributed by atoms with E-state index >= 15 is 0 Å². The topological polar surface area (TPSA) is 67.8 Å². The summed E-state index contributed by atoms with van der Waals surface area (Å²) in [4.78, 5) is 12.3. The fourth-order valence-electron chi connectivity index (χ4n) is 2.23. The number of phenolic OH excluding ortho intramolecular Hbond substituents is 1. The lowest BCUT2D eigenvalue weighted by Crippen LogP contribution is -2.51. The number of aromatic hydroxyl groups is 1. The zero-order valence-corrected chi connectivity index (χ0v) is 11.2. The number of phenols is 1. The van der Waals surface area contributed by atoms with Crippen molar-refractivity contribution < 1.29 is 19.4 Å². The molecule has 0 aliphatic carbocycles. The van der Waals surface area contributed by atoms with Crippen LogP contribution in [0, 0.1) is 0 Å². The fourth-order valence-corrected chi connectivity index (χ4v) is 2.23. The molecule has 1 aliphatic heterocycles.